The number of hydrogen-bond acceptors (Lipinski definition) is 5. The normalized spacial score (nSPS) is 18.9. The quantitative estimate of drug-likeness (QED) is 0.491. The second-order valence-electron chi connectivity index (χ2n) is 7.40. The maximum absolute atomic E-state index is 12.9. The molecule has 0 bridgehead atoms. The lowest BCUT2D eigenvalue weighted by atomic mass is 9.94. The van der Waals surface area contributed by atoms with E-state index >= 15 is 0 Å². The van der Waals surface area contributed by atoms with Crippen molar-refractivity contribution in [3.05, 3.63) is 70.6 Å². The van der Waals surface area contributed by atoms with Gasteiger partial charge in [0.2, 0.25) is 0 Å². The average Bonchev–Trinajstić information content (AvgIpc) is 2.93. The summed E-state index contributed by atoms with van der Waals surface area (Å²) in [6.07, 6.45) is 3.27. The Hall–Kier alpha value is -2.99. The van der Waals surface area contributed by atoms with Gasteiger partial charge in [-0.2, -0.15) is 0 Å². The first kappa shape index (κ1) is 19.8. The van der Waals surface area contributed by atoms with Crippen LogP contribution in [0.25, 0.3) is 5.76 Å². The van der Waals surface area contributed by atoms with Gasteiger partial charge in [-0.05, 0) is 51.2 Å². The summed E-state index contributed by atoms with van der Waals surface area (Å²) in [5.74, 6) is -1.39. The molecule has 6 nitrogen and oxygen atoms in total. The molecule has 0 radical (unpaired) electrons. The number of Topliss-reactive ketones (excluding diaryl/α,β-unsaturated/α-hetero) is 1. The van der Waals surface area contributed by atoms with E-state index in [1.165, 1.54) is 4.90 Å². The summed E-state index contributed by atoms with van der Waals surface area (Å²) in [4.78, 5) is 33.3. The molecule has 28 heavy (non-hydrogen) atoms. The molecule has 1 amide bonds. The van der Waals surface area contributed by atoms with Crippen LogP contribution in [0.15, 0.2) is 48.3 Å². The fourth-order valence-corrected chi connectivity index (χ4v) is 3.44. The standard InChI is InChI=1S/C22H25N3O3/c1-14-7-8-15(2)17(12-14)20(26)18-19(16-6-5-9-23-13-16)25(11-10-24(3)4)22(28)21(18)27/h5-9,12-13,19,26H,10-11H2,1-4H3/b20-18+. The number of rotatable bonds is 5. The highest BCUT2D eigenvalue weighted by molar-refractivity contribution is 6.46. The number of aryl methyl sites for hydroxylation is 2. The highest BCUT2D eigenvalue weighted by Crippen LogP contribution is 2.39. The molecule has 6 heteroatoms. The summed E-state index contributed by atoms with van der Waals surface area (Å²) in [5, 5.41) is 11.1. The molecule has 1 aromatic carbocycles. The van der Waals surface area contributed by atoms with Crippen LogP contribution < -0.4 is 0 Å². The molecule has 1 saturated heterocycles. The first-order valence-electron chi connectivity index (χ1n) is 9.22. The van der Waals surface area contributed by atoms with Crippen LogP contribution in [-0.2, 0) is 9.59 Å². The summed E-state index contributed by atoms with van der Waals surface area (Å²) in [7, 11) is 3.82. The number of carbonyl (C=O) groups is 2. The topological polar surface area (TPSA) is 73.7 Å². The smallest absolute Gasteiger partial charge is 0.295 e. The molecule has 0 aliphatic carbocycles. The van der Waals surface area contributed by atoms with Gasteiger partial charge in [0, 0.05) is 31.0 Å². The van der Waals surface area contributed by atoms with Crippen molar-refractivity contribution in [3.8, 4) is 0 Å². The molecule has 1 aliphatic rings. The van der Waals surface area contributed by atoms with Gasteiger partial charge in [0.05, 0.1) is 11.6 Å². The number of ketones is 1. The molecule has 3 rings (SSSR count). The Balaban J connectivity index is 2.18. The molecule has 1 fully saturated rings. The predicted molar refractivity (Wildman–Crippen MR) is 108 cm³/mol. The third kappa shape index (κ3) is 3.68. The van der Waals surface area contributed by atoms with Crippen molar-refractivity contribution in [3.63, 3.8) is 0 Å². The van der Waals surface area contributed by atoms with E-state index in [0.29, 0.717) is 24.2 Å². The molecule has 0 spiro atoms. The fourth-order valence-electron chi connectivity index (χ4n) is 3.44. The first-order valence-corrected chi connectivity index (χ1v) is 9.22. The van der Waals surface area contributed by atoms with Gasteiger partial charge in [-0.15, -0.1) is 0 Å². The molecule has 1 aliphatic heterocycles. The van der Waals surface area contributed by atoms with Crippen LogP contribution in [0.2, 0.25) is 0 Å². The lowest BCUT2D eigenvalue weighted by molar-refractivity contribution is -0.140. The van der Waals surface area contributed by atoms with Crippen molar-refractivity contribution >= 4 is 17.4 Å². The molecule has 2 aromatic rings. The molecule has 1 atom stereocenters. The van der Waals surface area contributed by atoms with Crippen LogP contribution in [0.3, 0.4) is 0 Å². The summed E-state index contributed by atoms with van der Waals surface area (Å²) >= 11 is 0. The number of aromatic nitrogens is 1. The number of pyridine rings is 1. The Labute approximate surface area is 165 Å². The minimum atomic E-state index is -0.661. The van der Waals surface area contributed by atoms with E-state index in [0.717, 1.165) is 11.1 Å². The predicted octanol–water partition coefficient (Wildman–Crippen LogP) is 2.68. The van der Waals surface area contributed by atoms with Crippen molar-refractivity contribution in [2.75, 3.05) is 27.2 Å². The lowest BCUT2D eigenvalue weighted by Gasteiger charge is -2.26. The van der Waals surface area contributed by atoms with Crippen LogP contribution in [0.5, 0.6) is 0 Å². The molecule has 2 heterocycles. The van der Waals surface area contributed by atoms with E-state index in [-0.39, 0.29) is 11.3 Å². The Bertz CT molecular complexity index is 935. The van der Waals surface area contributed by atoms with E-state index in [4.69, 9.17) is 0 Å². The fraction of sp³-hybridized carbons (Fsp3) is 0.318. The van der Waals surface area contributed by atoms with Gasteiger partial charge >= 0.3 is 0 Å². The van der Waals surface area contributed by atoms with Crippen LogP contribution >= 0.6 is 0 Å². The van der Waals surface area contributed by atoms with Gasteiger partial charge in [0.15, 0.2) is 0 Å². The number of likely N-dealkylation sites (tertiary alicyclic amines) is 1. The first-order chi connectivity index (χ1) is 13.3. The Morgan fingerprint density at radius 1 is 1.21 bits per heavy atom. The summed E-state index contributed by atoms with van der Waals surface area (Å²) < 4.78 is 0. The molecule has 1 unspecified atom stereocenters. The average molecular weight is 379 g/mol. The zero-order valence-corrected chi connectivity index (χ0v) is 16.6. The van der Waals surface area contributed by atoms with Crippen molar-refractivity contribution in [1.82, 2.24) is 14.8 Å². The summed E-state index contributed by atoms with van der Waals surface area (Å²) in [6, 6.07) is 8.60. The monoisotopic (exact) mass is 379 g/mol. The zero-order chi connectivity index (χ0) is 20.4. The molecule has 146 valence electrons. The number of likely N-dealkylation sites (N-methyl/N-ethyl adjacent to an activating group) is 1. The summed E-state index contributed by atoms with van der Waals surface area (Å²) in [5.41, 5.74) is 3.19. The number of hydrogen-bond donors (Lipinski definition) is 1. The van der Waals surface area contributed by atoms with E-state index in [1.807, 2.05) is 57.1 Å². The Morgan fingerprint density at radius 3 is 2.61 bits per heavy atom. The van der Waals surface area contributed by atoms with Gasteiger partial charge < -0.3 is 14.9 Å². The number of aliphatic hydroxyl groups is 1. The largest absolute Gasteiger partial charge is 0.507 e. The van der Waals surface area contributed by atoms with Crippen LogP contribution in [0, 0.1) is 13.8 Å². The second-order valence-corrected chi connectivity index (χ2v) is 7.40. The van der Waals surface area contributed by atoms with Crippen molar-refractivity contribution in [1.29, 1.82) is 0 Å². The Morgan fingerprint density at radius 2 is 1.96 bits per heavy atom. The van der Waals surface area contributed by atoms with Crippen molar-refractivity contribution < 1.29 is 14.7 Å². The number of aliphatic hydroxyl groups excluding tert-OH is 1. The number of amides is 1. The molecule has 1 aromatic heterocycles. The van der Waals surface area contributed by atoms with Crippen LogP contribution in [-0.4, -0.2) is 58.8 Å². The molecule has 0 saturated carbocycles. The van der Waals surface area contributed by atoms with E-state index < -0.39 is 17.7 Å². The SMILES string of the molecule is Cc1ccc(C)c(/C(O)=C2\C(=O)C(=O)N(CCN(C)C)C2c2cccnc2)c1. The minimum absolute atomic E-state index is 0.116. The highest BCUT2D eigenvalue weighted by atomic mass is 16.3. The highest BCUT2D eigenvalue weighted by Gasteiger charge is 2.46. The minimum Gasteiger partial charge on any atom is -0.507 e. The maximum Gasteiger partial charge on any atom is 0.295 e. The third-order valence-corrected chi connectivity index (χ3v) is 4.98. The van der Waals surface area contributed by atoms with Gasteiger partial charge in [-0.25, -0.2) is 0 Å². The van der Waals surface area contributed by atoms with E-state index in [2.05, 4.69) is 4.98 Å². The van der Waals surface area contributed by atoms with Gasteiger partial charge in [0.25, 0.3) is 11.7 Å². The third-order valence-electron chi connectivity index (χ3n) is 4.98. The Kier molecular flexibility index (Phi) is 5.61. The molecule has 1 N–H and O–H groups in total. The van der Waals surface area contributed by atoms with Crippen molar-refractivity contribution in [2.45, 2.75) is 19.9 Å². The van der Waals surface area contributed by atoms with Crippen molar-refractivity contribution in [2.24, 2.45) is 0 Å². The second kappa shape index (κ2) is 7.94. The van der Waals surface area contributed by atoms with E-state index in [1.54, 1.807) is 18.5 Å². The summed E-state index contributed by atoms with van der Waals surface area (Å²) in [6.45, 7) is 4.77. The number of nitrogens with zero attached hydrogens (tertiary/aromatic N) is 3. The maximum atomic E-state index is 12.9. The van der Waals surface area contributed by atoms with Gasteiger partial charge in [-0.1, -0.05) is 23.8 Å². The number of carbonyl (C=O) groups excluding carboxylic acids is 2. The molecular weight excluding hydrogens is 354 g/mol. The zero-order valence-electron chi connectivity index (χ0n) is 16.6. The van der Waals surface area contributed by atoms with Crippen LogP contribution in [0.4, 0.5) is 0 Å². The number of benzene rings is 1. The van der Waals surface area contributed by atoms with Gasteiger partial charge in [-0.3, -0.25) is 14.6 Å². The van der Waals surface area contributed by atoms with E-state index in [9.17, 15) is 14.7 Å². The lowest BCUT2D eigenvalue weighted by Crippen LogP contribution is -2.35. The van der Waals surface area contributed by atoms with Crippen LogP contribution in [0.1, 0.15) is 28.3 Å². The molecular formula is C22H25N3O3. The van der Waals surface area contributed by atoms with Gasteiger partial charge in [0.1, 0.15) is 5.76 Å².